The van der Waals surface area contributed by atoms with E-state index in [1.165, 1.54) is 24.5 Å². The summed E-state index contributed by atoms with van der Waals surface area (Å²) in [5.74, 6) is -1.89. The third-order valence-corrected chi connectivity index (χ3v) is 4.67. The van der Waals surface area contributed by atoms with E-state index in [4.69, 9.17) is 10.5 Å². The van der Waals surface area contributed by atoms with E-state index in [2.05, 4.69) is 4.98 Å². The largest absolute Gasteiger partial charge is 0.454 e. The van der Waals surface area contributed by atoms with Crippen LogP contribution in [0.1, 0.15) is 15.4 Å². The summed E-state index contributed by atoms with van der Waals surface area (Å²) in [5, 5.41) is 0.609. The van der Waals surface area contributed by atoms with E-state index < -0.39 is 35.2 Å². The SMILES string of the molecule is Cn1c(N)c(C(=O)COC(=O)/C=C/c2nc3ccccc3s2)c(=O)[nH]c1=O. The number of ketones is 1. The highest BCUT2D eigenvalue weighted by atomic mass is 32.1. The maximum Gasteiger partial charge on any atom is 0.331 e. The molecule has 2 aromatic heterocycles. The number of nitrogens with two attached hydrogens (primary N) is 1. The second-order valence-electron chi connectivity index (χ2n) is 5.46. The number of hydrogen-bond acceptors (Lipinski definition) is 8. The highest BCUT2D eigenvalue weighted by molar-refractivity contribution is 7.19. The average molecular weight is 386 g/mol. The average Bonchev–Trinajstić information content (AvgIpc) is 3.06. The van der Waals surface area contributed by atoms with E-state index in [-0.39, 0.29) is 5.82 Å². The molecule has 3 aromatic rings. The Hall–Kier alpha value is -3.53. The number of benzene rings is 1. The zero-order valence-corrected chi connectivity index (χ0v) is 14.9. The highest BCUT2D eigenvalue weighted by Gasteiger charge is 2.19. The lowest BCUT2D eigenvalue weighted by molar-refractivity contribution is -0.136. The molecule has 27 heavy (non-hydrogen) atoms. The normalized spacial score (nSPS) is 11.1. The van der Waals surface area contributed by atoms with Crippen LogP contribution in [0, 0.1) is 0 Å². The second-order valence-corrected chi connectivity index (χ2v) is 6.52. The van der Waals surface area contributed by atoms with Gasteiger partial charge in [0.25, 0.3) is 5.56 Å². The van der Waals surface area contributed by atoms with E-state index in [1.54, 1.807) is 0 Å². The number of nitrogens with zero attached hydrogens (tertiary/aromatic N) is 2. The van der Waals surface area contributed by atoms with Gasteiger partial charge < -0.3 is 10.5 Å². The molecular formula is C17H14N4O5S. The van der Waals surface area contributed by atoms with Gasteiger partial charge in [0.1, 0.15) is 16.4 Å². The van der Waals surface area contributed by atoms with Crippen molar-refractivity contribution in [3.05, 3.63) is 61.8 Å². The summed E-state index contributed by atoms with van der Waals surface area (Å²) >= 11 is 1.40. The van der Waals surface area contributed by atoms with Crippen molar-refractivity contribution in [2.45, 2.75) is 0 Å². The van der Waals surface area contributed by atoms with Crippen LogP contribution >= 0.6 is 11.3 Å². The molecule has 0 spiro atoms. The lowest BCUT2D eigenvalue weighted by Crippen LogP contribution is -2.35. The molecule has 1 aromatic carbocycles. The summed E-state index contributed by atoms with van der Waals surface area (Å²) in [6.07, 6.45) is 2.62. The van der Waals surface area contributed by atoms with Crippen molar-refractivity contribution in [1.82, 2.24) is 14.5 Å². The summed E-state index contributed by atoms with van der Waals surface area (Å²) in [4.78, 5) is 53.4. The number of nitrogens with one attached hydrogen (secondary N) is 1. The van der Waals surface area contributed by atoms with Crippen LogP contribution in [-0.4, -0.2) is 32.9 Å². The van der Waals surface area contributed by atoms with Crippen molar-refractivity contribution in [2.75, 3.05) is 12.3 Å². The Bertz CT molecular complexity index is 1150. The van der Waals surface area contributed by atoms with Gasteiger partial charge >= 0.3 is 11.7 Å². The number of para-hydroxylation sites is 1. The van der Waals surface area contributed by atoms with Crippen molar-refractivity contribution < 1.29 is 14.3 Å². The number of rotatable bonds is 5. The minimum Gasteiger partial charge on any atom is -0.454 e. The van der Waals surface area contributed by atoms with E-state index in [0.29, 0.717) is 5.01 Å². The summed E-state index contributed by atoms with van der Waals surface area (Å²) in [6, 6.07) is 7.52. The van der Waals surface area contributed by atoms with Crippen LogP contribution in [0.15, 0.2) is 39.9 Å². The zero-order valence-electron chi connectivity index (χ0n) is 14.1. The Kier molecular flexibility index (Phi) is 4.99. The molecule has 0 aliphatic carbocycles. The summed E-state index contributed by atoms with van der Waals surface area (Å²) in [7, 11) is 1.30. The van der Waals surface area contributed by atoms with Crippen molar-refractivity contribution in [3.8, 4) is 0 Å². The van der Waals surface area contributed by atoms with Gasteiger partial charge in [0.15, 0.2) is 6.61 Å². The smallest absolute Gasteiger partial charge is 0.331 e. The van der Waals surface area contributed by atoms with E-state index >= 15 is 0 Å². The quantitative estimate of drug-likeness (QED) is 0.374. The van der Waals surface area contributed by atoms with Crippen molar-refractivity contribution in [1.29, 1.82) is 0 Å². The lowest BCUT2D eigenvalue weighted by atomic mass is 10.2. The van der Waals surface area contributed by atoms with E-state index in [1.807, 2.05) is 29.2 Å². The van der Waals surface area contributed by atoms with Gasteiger partial charge in [0.2, 0.25) is 5.78 Å². The predicted octanol–water partition coefficient (Wildman–Crippen LogP) is 0.705. The third-order valence-electron chi connectivity index (χ3n) is 3.67. The van der Waals surface area contributed by atoms with Crippen LogP contribution in [0.25, 0.3) is 16.3 Å². The zero-order chi connectivity index (χ0) is 19.6. The number of esters is 1. The topological polar surface area (TPSA) is 137 Å². The minimum absolute atomic E-state index is 0.296. The number of aromatic amines is 1. The van der Waals surface area contributed by atoms with Gasteiger partial charge in [-0.2, -0.15) is 0 Å². The molecule has 0 bridgehead atoms. The minimum atomic E-state index is -0.929. The Morgan fingerprint density at radius 1 is 1.33 bits per heavy atom. The monoisotopic (exact) mass is 386 g/mol. The molecule has 0 saturated heterocycles. The molecule has 10 heteroatoms. The molecule has 2 heterocycles. The number of hydrogen-bond donors (Lipinski definition) is 2. The number of fused-ring (bicyclic) bond motifs is 1. The number of Topliss-reactive ketones (excluding diaryl/α,β-unsaturated/α-hetero) is 1. The fourth-order valence-electron chi connectivity index (χ4n) is 2.26. The Morgan fingerprint density at radius 2 is 2.07 bits per heavy atom. The predicted molar refractivity (Wildman–Crippen MR) is 101 cm³/mol. The first kappa shape index (κ1) is 18.3. The molecule has 0 radical (unpaired) electrons. The van der Waals surface area contributed by atoms with Gasteiger partial charge in [-0.25, -0.2) is 14.6 Å². The molecular weight excluding hydrogens is 372 g/mol. The summed E-state index contributed by atoms with van der Waals surface area (Å²) in [5.41, 5.74) is 4.33. The highest BCUT2D eigenvalue weighted by Crippen LogP contribution is 2.22. The molecule has 0 saturated carbocycles. The van der Waals surface area contributed by atoms with Gasteiger partial charge in [-0.1, -0.05) is 12.1 Å². The Balaban J connectivity index is 1.67. The number of anilines is 1. The first-order chi connectivity index (χ1) is 12.9. The number of thiazole rings is 1. The van der Waals surface area contributed by atoms with Crippen LogP contribution in [-0.2, 0) is 16.6 Å². The van der Waals surface area contributed by atoms with Crippen LogP contribution in [0.5, 0.6) is 0 Å². The van der Waals surface area contributed by atoms with Crippen LogP contribution < -0.4 is 17.0 Å². The van der Waals surface area contributed by atoms with Crippen molar-refractivity contribution >= 4 is 45.2 Å². The maximum absolute atomic E-state index is 12.1. The number of aromatic nitrogens is 3. The van der Waals surface area contributed by atoms with Gasteiger partial charge in [-0.15, -0.1) is 11.3 Å². The van der Waals surface area contributed by atoms with Crippen molar-refractivity contribution in [3.63, 3.8) is 0 Å². The molecule has 3 N–H and O–H groups in total. The molecule has 9 nitrogen and oxygen atoms in total. The summed E-state index contributed by atoms with van der Waals surface area (Å²) < 4.78 is 6.74. The fraction of sp³-hybridized carbons (Fsp3) is 0.118. The lowest BCUT2D eigenvalue weighted by Gasteiger charge is -2.07. The van der Waals surface area contributed by atoms with E-state index in [0.717, 1.165) is 20.9 Å². The number of carbonyl (C=O) groups excluding carboxylic acids is 2. The Morgan fingerprint density at radius 3 is 2.81 bits per heavy atom. The first-order valence-electron chi connectivity index (χ1n) is 7.69. The van der Waals surface area contributed by atoms with Crippen LogP contribution in [0.4, 0.5) is 5.82 Å². The molecule has 0 aliphatic heterocycles. The number of H-pyrrole nitrogens is 1. The third kappa shape index (κ3) is 3.85. The number of carbonyl (C=O) groups is 2. The standard InChI is InChI=1S/C17H14N4O5S/c1-21-15(18)14(16(24)20-17(21)25)10(22)8-26-13(23)7-6-12-19-9-4-2-3-5-11(9)27-12/h2-7H,8,18H2,1H3,(H,20,24,25)/b7-6+. The molecule has 138 valence electrons. The second kappa shape index (κ2) is 7.38. The van der Waals surface area contributed by atoms with Gasteiger partial charge in [0, 0.05) is 13.1 Å². The Labute approximate surface area is 155 Å². The molecule has 0 amide bonds. The molecule has 0 aliphatic rings. The van der Waals surface area contributed by atoms with Crippen molar-refractivity contribution in [2.24, 2.45) is 7.05 Å². The van der Waals surface area contributed by atoms with Gasteiger partial charge in [-0.05, 0) is 18.2 Å². The molecule has 3 rings (SSSR count). The van der Waals surface area contributed by atoms with E-state index in [9.17, 15) is 19.2 Å². The maximum atomic E-state index is 12.1. The number of ether oxygens (including phenoxy) is 1. The van der Waals surface area contributed by atoms with Gasteiger partial charge in [0.05, 0.1) is 10.2 Å². The molecule has 0 atom stereocenters. The first-order valence-corrected chi connectivity index (χ1v) is 8.51. The molecule has 0 fully saturated rings. The van der Waals surface area contributed by atoms with Crippen LogP contribution in [0.2, 0.25) is 0 Å². The summed E-state index contributed by atoms with van der Waals surface area (Å²) in [6.45, 7) is -0.686. The van der Waals surface area contributed by atoms with Crippen LogP contribution in [0.3, 0.4) is 0 Å². The fourth-order valence-corrected chi connectivity index (χ4v) is 3.13. The number of nitrogen functional groups attached to an aromatic ring is 1. The molecule has 0 unspecified atom stereocenters. The van der Waals surface area contributed by atoms with Gasteiger partial charge in [-0.3, -0.25) is 19.1 Å².